The zero-order valence-corrected chi connectivity index (χ0v) is 38.3. The summed E-state index contributed by atoms with van der Waals surface area (Å²) < 4.78 is 11.4. The largest absolute Gasteiger partial charge is 0.507 e. The summed E-state index contributed by atoms with van der Waals surface area (Å²) in [7, 11) is 0. The van der Waals surface area contributed by atoms with Crippen LogP contribution in [0.2, 0.25) is 0 Å². The normalized spacial score (nSPS) is 18.0. The first-order chi connectivity index (χ1) is 30.5. The number of nitrogens with one attached hydrogen (secondary N) is 2. The number of allylic oxidation sites excluding steroid dienone is 1. The number of rotatable bonds is 31. The second-order valence-corrected chi connectivity index (χ2v) is 17.1. The molecule has 1 aromatic carbocycles. The Balaban J connectivity index is 1.45. The summed E-state index contributed by atoms with van der Waals surface area (Å²) >= 11 is 0. The monoisotopic (exact) mass is 884 g/mol. The van der Waals surface area contributed by atoms with Gasteiger partial charge in [-0.1, -0.05) is 129 Å². The maximum absolute atomic E-state index is 13.7. The lowest BCUT2D eigenvalue weighted by atomic mass is 10.00. The molecule has 0 bridgehead atoms. The topological polar surface area (TPSA) is 207 Å². The van der Waals surface area contributed by atoms with Gasteiger partial charge in [-0.15, -0.1) is 0 Å². The van der Waals surface area contributed by atoms with Gasteiger partial charge in [0, 0.05) is 19.2 Å². The second kappa shape index (κ2) is 30.6. The maximum atomic E-state index is 13.7. The Morgan fingerprint density at radius 2 is 1.56 bits per heavy atom. The summed E-state index contributed by atoms with van der Waals surface area (Å²) in [5, 5.41) is 37.3. The number of ether oxygens (including phenoxy) is 2. The number of benzene rings is 1. The summed E-state index contributed by atoms with van der Waals surface area (Å²) in [4.78, 5) is 69.9. The molecule has 1 fully saturated rings. The van der Waals surface area contributed by atoms with Crippen molar-refractivity contribution in [2.75, 3.05) is 19.7 Å². The molecule has 0 aliphatic carbocycles. The van der Waals surface area contributed by atoms with E-state index in [2.05, 4.69) is 22.5 Å². The zero-order valence-electron chi connectivity index (χ0n) is 38.3. The third kappa shape index (κ3) is 19.8. The molecule has 15 heteroatoms. The fourth-order valence-corrected chi connectivity index (χ4v) is 7.85. The Kier molecular flexibility index (Phi) is 25.6. The SMILES string of the molecule is CCCCCCCCCCCCCCCCCC=CC(=O)N(O)CCCCC(NC(=O)C1COC(c2ccccc2O)=N1)C(=O)OC(CC)C(C)C(=O)NC1CCCCN(O)C1=O. The molecule has 63 heavy (non-hydrogen) atoms. The Morgan fingerprint density at radius 3 is 2.19 bits per heavy atom. The summed E-state index contributed by atoms with van der Waals surface area (Å²) in [6.45, 7) is 5.64. The summed E-state index contributed by atoms with van der Waals surface area (Å²) in [5.41, 5.74) is 0.321. The van der Waals surface area contributed by atoms with Crippen LogP contribution in [0.15, 0.2) is 41.4 Å². The highest BCUT2D eigenvalue weighted by atomic mass is 16.5. The predicted molar refractivity (Wildman–Crippen MR) is 241 cm³/mol. The number of carbonyl (C=O) groups is 5. The van der Waals surface area contributed by atoms with E-state index >= 15 is 0 Å². The lowest BCUT2D eigenvalue weighted by Gasteiger charge is -2.27. The van der Waals surface area contributed by atoms with Gasteiger partial charge in [-0.3, -0.25) is 29.6 Å². The third-order valence-electron chi connectivity index (χ3n) is 11.9. The van der Waals surface area contributed by atoms with Gasteiger partial charge in [-0.25, -0.2) is 19.9 Å². The van der Waals surface area contributed by atoms with Gasteiger partial charge in [0.05, 0.1) is 11.5 Å². The standard InChI is InChI=1S/C48H77N5O10/c1-4-6-7-8-9-10-11-12-13-14-15-16-17-18-19-20-21-32-43(55)52(60)33-26-25-30-39(50-45(57)40-35-62-46(51-40)37-28-22-23-31-41(37)54)48(59)63-42(5-2)36(3)44(56)49-38-29-24-27-34-53(61)47(38)58/h21-23,28,31-32,36,38-40,42,54,60-61H,4-20,24-27,29-30,33-35H2,1-3H3,(H,49,56)(H,50,57). The number of hydrogen-bond donors (Lipinski definition) is 5. The average Bonchev–Trinajstić information content (AvgIpc) is 3.72. The van der Waals surface area contributed by atoms with E-state index in [4.69, 9.17) is 9.47 Å². The molecular formula is C48H77N5O10. The number of nitrogens with zero attached hydrogens (tertiary/aromatic N) is 3. The van der Waals surface area contributed by atoms with E-state index in [-0.39, 0.29) is 44.2 Å². The van der Waals surface area contributed by atoms with Gasteiger partial charge < -0.3 is 25.2 Å². The highest BCUT2D eigenvalue weighted by Crippen LogP contribution is 2.22. The first-order valence-electron chi connectivity index (χ1n) is 23.9. The molecule has 4 amide bonds. The van der Waals surface area contributed by atoms with Crippen molar-refractivity contribution in [3.63, 3.8) is 0 Å². The first kappa shape index (κ1) is 52.8. The van der Waals surface area contributed by atoms with Gasteiger partial charge in [0.2, 0.25) is 17.7 Å². The Morgan fingerprint density at radius 1 is 0.921 bits per heavy atom. The molecule has 2 heterocycles. The number of hydroxylamine groups is 4. The molecule has 5 atom stereocenters. The van der Waals surface area contributed by atoms with Crippen LogP contribution in [0.5, 0.6) is 5.75 Å². The van der Waals surface area contributed by atoms with Crippen molar-refractivity contribution < 1.29 is 49.0 Å². The van der Waals surface area contributed by atoms with Gasteiger partial charge in [-0.2, -0.15) is 0 Å². The maximum Gasteiger partial charge on any atom is 0.328 e. The minimum absolute atomic E-state index is 0.00246. The number of unbranched alkanes of at least 4 members (excludes halogenated alkanes) is 16. The Bertz CT molecular complexity index is 1600. The number of aliphatic imine (C=N–C) groups is 1. The van der Waals surface area contributed by atoms with Gasteiger partial charge in [0.1, 0.15) is 30.5 Å². The van der Waals surface area contributed by atoms with E-state index in [1.807, 2.05) is 0 Å². The van der Waals surface area contributed by atoms with Gasteiger partial charge >= 0.3 is 5.97 Å². The molecule has 0 radical (unpaired) electrons. The van der Waals surface area contributed by atoms with Crippen LogP contribution in [0.1, 0.15) is 174 Å². The van der Waals surface area contributed by atoms with E-state index < -0.39 is 59.7 Å². The van der Waals surface area contributed by atoms with Crippen molar-refractivity contribution in [3.05, 3.63) is 42.0 Å². The second-order valence-electron chi connectivity index (χ2n) is 17.1. The highest BCUT2D eigenvalue weighted by molar-refractivity contribution is 6.00. The van der Waals surface area contributed by atoms with Crippen LogP contribution in [0.3, 0.4) is 0 Å². The molecule has 1 aromatic rings. The minimum atomic E-state index is -1.17. The van der Waals surface area contributed by atoms with Crippen molar-refractivity contribution >= 4 is 35.5 Å². The third-order valence-corrected chi connectivity index (χ3v) is 11.9. The van der Waals surface area contributed by atoms with Gasteiger partial charge in [-0.05, 0) is 69.9 Å². The molecule has 2 aliphatic heterocycles. The number of amides is 4. The fraction of sp³-hybridized carbons (Fsp3) is 0.708. The summed E-state index contributed by atoms with van der Waals surface area (Å²) in [6.07, 6.45) is 24.9. The number of aromatic hydroxyl groups is 1. The van der Waals surface area contributed by atoms with Gasteiger partial charge in [0.25, 0.3) is 11.8 Å². The smallest absolute Gasteiger partial charge is 0.328 e. The van der Waals surface area contributed by atoms with E-state index in [1.165, 1.54) is 95.6 Å². The lowest BCUT2D eigenvalue weighted by Crippen LogP contribution is -2.50. The van der Waals surface area contributed by atoms with Crippen LogP contribution < -0.4 is 10.6 Å². The molecule has 5 N–H and O–H groups in total. The molecular weight excluding hydrogens is 807 g/mol. The summed E-state index contributed by atoms with van der Waals surface area (Å²) in [5.74, 6) is -3.89. The molecule has 1 saturated heterocycles. The van der Waals surface area contributed by atoms with Crippen LogP contribution in [-0.2, 0) is 33.4 Å². The number of phenolic OH excluding ortho intramolecular Hbond substituents is 1. The highest BCUT2D eigenvalue weighted by Gasteiger charge is 2.35. The Labute approximate surface area is 375 Å². The van der Waals surface area contributed by atoms with E-state index in [0.717, 1.165) is 19.3 Å². The molecule has 15 nitrogen and oxygen atoms in total. The number of hydrogen-bond acceptors (Lipinski definition) is 11. The van der Waals surface area contributed by atoms with E-state index in [1.54, 1.807) is 38.1 Å². The van der Waals surface area contributed by atoms with Crippen LogP contribution in [-0.4, -0.2) is 105 Å². The van der Waals surface area contributed by atoms with Crippen LogP contribution in [0.4, 0.5) is 0 Å². The van der Waals surface area contributed by atoms with E-state index in [0.29, 0.717) is 47.8 Å². The lowest BCUT2D eigenvalue weighted by molar-refractivity contribution is -0.167. The van der Waals surface area contributed by atoms with Gasteiger partial charge in [0.15, 0.2) is 6.04 Å². The quantitative estimate of drug-likeness (QED) is 0.0159. The van der Waals surface area contributed by atoms with E-state index in [9.17, 15) is 39.5 Å². The molecule has 0 spiro atoms. The van der Waals surface area contributed by atoms with Crippen molar-refractivity contribution in [1.29, 1.82) is 0 Å². The minimum Gasteiger partial charge on any atom is -0.507 e. The van der Waals surface area contributed by atoms with Crippen LogP contribution in [0.25, 0.3) is 0 Å². The zero-order chi connectivity index (χ0) is 45.8. The molecule has 0 saturated carbocycles. The molecule has 5 unspecified atom stereocenters. The molecule has 354 valence electrons. The van der Waals surface area contributed by atoms with Crippen LogP contribution >= 0.6 is 0 Å². The first-order valence-corrected chi connectivity index (χ1v) is 23.9. The van der Waals surface area contributed by atoms with Crippen molar-refractivity contribution in [2.45, 2.75) is 193 Å². The molecule has 3 rings (SSSR count). The Hall–Kier alpha value is -4.50. The fourth-order valence-electron chi connectivity index (χ4n) is 7.85. The molecule has 2 aliphatic rings. The number of esters is 1. The van der Waals surface area contributed by atoms with Crippen molar-refractivity contribution in [2.24, 2.45) is 10.9 Å². The number of carbonyl (C=O) groups excluding carboxylic acids is 5. The molecule has 0 aromatic heterocycles. The predicted octanol–water partition coefficient (Wildman–Crippen LogP) is 8.07. The number of phenols is 1. The van der Waals surface area contributed by atoms with Crippen LogP contribution in [0, 0.1) is 5.92 Å². The van der Waals surface area contributed by atoms with Crippen molar-refractivity contribution in [1.82, 2.24) is 20.8 Å². The number of para-hydroxylation sites is 1. The van der Waals surface area contributed by atoms with Crippen molar-refractivity contribution in [3.8, 4) is 5.75 Å². The average molecular weight is 884 g/mol. The summed E-state index contributed by atoms with van der Waals surface area (Å²) in [6, 6.07) is 3.33.